The number of nitrogens with zero attached hydrogens (tertiary/aromatic N) is 2. The van der Waals surface area contributed by atoms with Gasteiger partial charge in [0.15, 0.2) is 0 Å². The van der Waals surface area contributed by atoms with Gasteiger partial charge in [0, 0.05) is 0 Å². The van der Waals surface area contributed by atoms with Crippen molar-refractivity contribution in [2.45, 2.75) is 33.5 Å². The van der Waals surface area contributed by atoms with Crippen molar-refractivity contribution >= 4 is 61.2 Å². The summed E-state index contributed by atoms with van der Waals surface area (Å²) in [6, 6.07) is 34.2. The standard InChI is InChI=1S/C41H36N2O4Se2/c1-27-6-14-31(15-7-27)42(32-16-8-28(2)9-17-32)26-35-36(45-23-22-44-35)39(48-5)40-37-38(47-25-24-46-37)41(49-40)43(33-18-10-29(3)11-19-33)34-20-12-30(4)13-21-34/h6-26H,1-5H3/b35-26-,39-36+. The molecule has 0 N–H and O–H groups in total. The van der Waals surface area contributed by atoms with E-state index in [1.54, 1.807) is 25.0 Å². The number of ether oxygens (including phenoxy) is 4. The van der Waals surface area contributed by atoms with Gasteiger partial charge in [0.1, 0.15) is 0 Å². The molecule has 7 rings (SSSR count). The van der Waals surface area contributed by atoms with Crippen LogP contribution in [0.15, 0.2) is 140 Å². The number of rotatable bonds is 8. The predicted molar refractivity (Wildman–Crippen MR) is 200 cm³/mol. The van der Waals surface area contributed by atoms with Gasteiger partial charge in [-0.25, -0.2) is 0 Å². The summed E-state index contributed by atoms with van der Waals surface area (Å²) < 4.78 is 28.4. The number of hydrogen-bond donors (Lipinski definition) is 0. The Hall–Kier alpha value is -4.84. The Morgan fingerprint density at radius 1 is 0.551 bits per heavy atom. The van der Waals surface area contributed by atoms with Crippen LogP contribution in [-0.4, -0.2) is 29.5 Å². The molecule has 2 aliphatic rings. The molecule has 0 aliphatic carbocycles. The van der Waals surface area contributed by atoms with Crippen LogP contribution in [0.5, 0.6) is 11.5 Å². The molecule has 3 heterocycles. The molecule has 2 aliphatic heterocycles. The van der Waals surface area contributed by atoms with Crippen LogP contribution >= 0.6 is 0 Å². The van der Waals surface area contributed by atoms with Crippen molar-refractivity contribution in [2.24, 2.45) is 0 Å². The normalized spacial score (nSPS) is 15.1. The Morgan fingerprint density at radius 3 is 1.47 bits per heavy atom. The van der Waals surface area contributed by atoms with Crippen molar-refractivity contribution in [1.29, 1.82) is 0 Å². The summed E-state index contributed by atoms with van der Waals surface area (Å²) in [5, 5.41) is 0. The van der Waals surface area contributed by atoms with Crippen LogP contribution in [-0.2, 0) is 9.47 Å². The summed E-state index contributed by atoms with van der Waals surface area (Å²) >= 11 is -0.217. The summed E-state index contributed by atoms with van der Waals surface area (Å²) in [4.78, 5) is 4.43. The third-order valence-corrected chi connectivity index (χ3v) is 12.9. The third-order valence-electron chi connectivity index (χ3n) is 8.17. The molecule has 0 amide bonds. The van der Waals surface area contributed by atoms with E-state index in [1.807, 2.05) is 6.20 Å². The van der Waals surface area contributed by atoms with E-state index in [-0.39, 0.29) is 29.5 Å². The van der Waals surface area contributed by atoms with Gasteiger partial charge in [-0.1, -0.05) is 0 Å². The van der Waals surface area contributed by atoms with Crippen molar-refractivity contribution in [3.63, 3.8) is 0 Å². The van der Waals surface area contributed by atoms with Gasteiger partial charge in [0.2, 0.25) is 0 Å². The van der Waals surface area contributed by atoms with Gasteiger partial charge in [0.25, 0.3) is 0 Å². The van der Waals surface area contributed by atoms with Gasteiger partial charge in [-0.05, 0) is 0 Å². The minimum absolute atomic E-state index is 0.00474. The van der Waals surface area contributed by atoms with Gasteiger partial charge in [-0.15, -0.1) is 0 Å². The second-order valence-electron chi connectivity index (χ2n) is 11.8. The molecule has 49 heavy (non-hydrogen) atoms. The minimum atomic E-state index is -0.213. The number of hydrogen-bond acceptors (Lipinski definition) is 6. The molecule has 0 saturated carbocycles. The fourth-order valence-corrected chi connectivity index (χ4v) is 10.6. The molecule has 0 bridgehead atoms. The van der Waals surface area contributed by atoms with E-state index in [2.05, 4.69) is 140 Å². The molecule has 0 saturated heterocycles. The first kappa shape index (κ1) is 32.7. The van der Waals surface area contributed by atoms with E-state index < -0.39 is 0 Å². The molecule has 1 aromatic heterocycles. The summed E-state index contributed by atoms with van der Waals surface area (Å²) in [7, 11) is 0. The third kappa shape index (κ3) is 6.87. The Morgan fingerprint density at radius 2 is 0.980 bits per heavy atom. The topological polar surface area (TPSA) is 43.4 Å². The van der Waals surface area contributed by atoms with Gasteiger partial charge in [-0.2, -0.15) is 0 Å². The average Bonchev–Trinajstić information content (AvgIpc) is 3.49. The van der Waals surface area contributed by atoms with Crippen LogP contribution in [0.25, 0.3) is 4.47 Å². The van der Waals surface area contributed by atoms with Gasteiger partial charge >= 0.3 is 302 Å². The zero-order valence-electron chi connectivity index (χ0n) is 28.0. The van der Waals surface area contributed by atoms with Crippen molar-refractivity contribution in [1.82, 2.24) is 0 Å². The maximum atomic E-state index is 6.36. The molecule has 6 nitrogen and oxygen atoms in total. The first-order chi connectivity index (χ1) is 23.9. The first-order valence-electron chi connectivity index (χ1n) is 15.9. The van der Waals surface area contributed by atoms with Crippen LogP contribution in [0.1, 0.15) is 26.7 Å². The number of fused-ring (bicyclic) bond motifs is 1. The summed E-state index contributed by atoms with van der Waals surface area (Å²) in [6.07, 6.45) is 8.43. The number of anilines is 5. The van der Waals surface area contributed by atoms with Gasteiger partial charge in [0.05, 0.1) is 0 Å². The molecule has 5 aromatic rings. The molecular formula is C41H36N2O4Se2. The van der Waals surface area contributed by atoms with Gasteiger partial charge < -0.3 is 0 Å². The van der Waals surface area contributed by atoms with Crippen LogP contribution in [0, 0.1) is 27.7 Å². The Bertz CT molecular complexity index is 1980. The first-order valence-corrected chi connectivity index (χ1v) is 20.2. The zero-order chi connectivity index (χ0) is 33.9. The molecule has 0 spiro atoms. The molecule has 8 heteroatoms. The van der Waals surface area contributed by atoms with Crippen molar-refractivity contribution in [3.05, 3.63) is 167 Å². The Labute approximate surface area is 300 Å². The summed E-state index contributed by atoms with van der Waals surface area (Å²) in [5.74, 6) is 4.93. The fraction of sp³-hybridized carbons (Fsp3) is 0.122. The molecule has 0 unspecified atom stereocenters. The van der Waals surface area contributed by atoms with E-state index in [0.717, 1.165) is 47.7 Å². The predicted octanol–water partition coefficient (Wildman–Crippen LogP) is 10.3. The SMILES string of the molecule is C[Se]/C(=C1/OC=CO/C1=C\N(c1ccc(C)cc1)c1ccc(C)cc1)c1[se]c(N(c2ccc(C)cc2)c2ccc(C)cc2)c2c1OC=CO2. The van der Waals surface area contributed by atoms with E-state index in [4.69, 9.17) is 18.9 Å². The van der Waals surface area contributed by atoms with Crippen molar-refractivity contribution in [3.8, 4) is 11.5 Å². The van der Waals surface area contributed by atoms with E-state index in [9.17, 15) is 0 Å². The summed E-state index contributed by atoms with van der Waals surface area (Å²) in [6.45, 7) is 8.40. The molecule has 246 valence electrons. The van der Waals surface area contributed by atoms with Crippen LogP contribution in [0.2, 0.25) is 5.82 Å². The van der Waals surface area contributed by atoms with E-state index in [0.29, 0.717) is 11.5 Å². The van der Waals surface area contributed by atoms with Crippen LogP contribution in [0.3, 0.4) is 0 Å². The molecule has 4 aromatic carbocycles. The fourth-order valence-electron chi connectivity index (χ4n) is 5.54. The molecule has 0 atom stereocenters. The van der Waals surface area contributed by atoms with Crippen molar-refractivity contribution < 1.29 is 18.9 Å². The second kappa shape index (κ2) is 14.3. The zero-order valence-corrected chi connectivity index (χ0v) is 31.4. The Kier molecular flexibility index (Phi) is 9.56. The van der Waals surface area contributed by atoms with E-state index >= 15 is 0 Å². The van der Waals surface area contributed by atoms with Gasteiger partial charge in [-0.3, -0.25) is 0 Å². The number of aryl methyl sites for hydroxylation is 4. The molecule has 0 radical (unpaired) electrons. The van der Waals surface area contributed by atoms with Crippen LogP contribution in [0.4, 0.5) is 27.3 Å². The summed E-state index contributed by atoms with van der Waals surface area (Å²) in [5.41, 5.74) is 8.95. The molecule has 0 fully saturated rings. The van der Waals surface area contributed by atoms with E-state index in [1.165, 1.54) is 22.3 Å². The maximum absolute atomic E-state index is 6.36. The quantitative estimate of drug-likeness (QED) is 0.146. The van der Waals surface area contributed by atoms with Crippen molar-refractivity contribution in [2.75, 3.05) is 9.80 Å². The Balaban J connectivity index is 1.40. The number of benzene rings is 4. The molecular weight excluding hydrogens is 742 g/mol. The second-order valence-corrected chi connectivity index (χ2v) is 15.6. The average molecular weight is 779 g/mol. The van der Waals surface area contributed by atoms with Crippen LogP contribution < -0.4 is 19.3 Å². The monoisotopic (exact) mass is 780 g/mol.